The summed E-state index contributed by atoms with van der Waals surface area (Å²) in [7, 11) is 0. The van der Waals surface area contributed by atoms with Crippen molar-refractivity contribution < 1.29 is 13.7 Å². The van der Waals surface area contributed by atoms with Gasteiger partial charge in [-0.2, -0.15) is 15.3 Å². The minimum atomic E-state index is -0.656. The predicted octanol–water partition coefficient (Wildman–Crippen LogP) is 2.77. The van der Waals surface area contributed by atoms with Gasteiger partial charge in [0, 0.05) is 5.69 Å². The summed E-state index contributed by atoms with van der Waals surface area (Å²) >= 11 is 0. The van der Waals surface area contributed by atoms with Gasteiger partial charge >= 0.3 is 6.03 Å². The minimum absolute atomic E-state index is 0.162. The molecule has 10 nitrogen and oxygen atoms in total. The Labute approximate surface area is 159 Å². The first-order chi connectivity index (χ1) is 13.5. The number of carbonyl (C=O) groups is 1. The van der Waals surface area contributed by atoms with Gasteiger partial charge in [-0.15, -0.1) is 0 Å². The molecule has 28 heavy (non-hydrogen) atoms. The number of amides is 2. The Kier molecular flexibility index (Phi) is 5.59. The molecule has 0 spiro atoms. The van der Waals surface area contributed by atoms with Crippen LogP contribution in [0.25, 0.3) is 11.6 Å². The van der Waals surface area contributed by atoms with Crippen LogP contribution < -0.4 is 10.6 Å². The summed E-state index contributed by atoms with van der Waals surface area (Å²) in [6, 6.07) is 4.34. The van der Waals surface area contributed by atoms with Gasteiger partial charge in [0.2, 0.25) is 11.7 Å². The van der Waals surface area contributed by atoms with E-state index in [1.807, 2.05) is 13.8 Å². The minimum Gasteiger partial charge on any atom is -0.337 e. The predicted molar refractivity (Wildman–Crippen MR) is 95.1 cm³/mol. The normalized spacial score (nSPS) is 11.8. The summed E-state index contributed by atoms with van der Waals surface area (Å²) in [5.74, 6) is 0.352. The van der Waals surface area contributed by atoms with Crippen LogP contribution in [0, 0.1) is 23.1 Å². The topological polar surface area (TPSA) is 145 Å². The average Bonchev–Trinajstić information content (AvgIpc) is 3.33. The molecule has 3 aromatic rings. The Morgan fingerprint density at radius 3 is 2.93 bits per heavy atom. The molecule has 144 valence electrons. The molecule has 1 aromatic carbocycles. The fraction of sp³-hybridized carbons (Fsp3) is 0.294. The quantitative estimate of drug-likeness (QED) is 0.592. The molecule has 2 aromatic heterocycles. The number of hydrogen-bond donors (Lipinski definition) is 3. The number of nitriles is 1. The van der Waals surface area contributed by atoms with Gasteiger partial charge in [0.25, 0.3) is 0 Å². The van der Waals surface area contributed by atoms with E-state index in [-0.39, 0.29) is 28.9 Å². The van der Waals surface area contributed by atoms with Crippen molar-refractivity contribution in [3.8, 4) is 17.7 Å². The Bertz CT molecular complexity index is 993. The molecule has 0 aliphatic heterocycles. The smallest absolute Gasteiger partial charge is 0.319 e. The molecular formula is C17H17FN8O2. The van der Waals surface area contributed by atoms with Crippen molar-refractivity contribution in [1.82, 2.24) is 30.6 Å². The van der Waals surface area contributed by atoms with Crippen molar-refractivity contribution in [3.63, 3.8) is 0 Å². The van der Waals surface area contributed by atoms with E-state index in [0.29, 0.717) is 12.2 Å². The monoisotopic (exact) mass is 384 g/mol. The van der Waals surface area contributed by atoms with E-state index in [4.69, 9.17) is 9.78 Å². The highest BCUT2D eigenvalue weighted by Gasteiger charge is 2.23. The number of aromatic amines is 1. The Hall–Kier alpha value is -3.81. The van der Waals surface area contributed by atoms with Crippen molar-refractivity contribution in [2.24, 2.45) is 5.92 Å². The lowest BCUT2D eigenvalue weighted by molar-refractivity contribution is 0.240. The molecule has 0 bridgehead atoms. The molecule has 0 saturated heterocycles. The first-order valence-electron chi connectivity index (χ1n) is 8.42. The van der Waals surface area contributed by atoms with Crippen molar-refractivity contribution in [1.29, 1.82) is 5.26 Å². The highest BCUT2D eigenvalue weighted by molar-refractivity contribution is 5.89. The third-order valence-electron chi connectivity index (χ3n) is 3.72. The maximum absolute atomic E-state index is 13.4. The van der Waals surface area contributed by atoms with Gasteiger partial charge in [-0.25, -0.2) is 14.2 Å². The fourth-order valence-electron chi connectivity index (χ4n) is 2.49. The number of carbonyl (C=O) groups excluding carboxylic acids is 1. The summed E-state index contributed by atoms with van der Waals surface area (Å²) in [6.45, 7) is 3.97. The van der Waals surface area contributed by atoms with E-state index < -0.39 is 17.9 Å². The van der Waals surface area contributed by atoms with E-state index in [2.05, 4.69) is 36.0 Å². The molecule has 3 rings (SSSR count). The number of hydrogen-bond acceptors (Lipinski definition) is 7. The first-order valence-corrected chi connectivity index (χ1v) is 8.42. The third kappa shape index (κ3) is 4.47. The lowest BCUT2D eigenvalue weighted by Gasteiger charge is -2.17. The number of nitrogens with zero attached hydrogens (tertiary/aromatic N) is 5. The molecule has 3 N–H and O–H groups in total. The SMILES string of the molecule is CC(C)CC(NC(=O)Nc1ccc(F)c(C#N)c1)c1nc(-c2ncn[nH]2)no1. The van der Waals surface area contributed by atoms with Crippen molar-refractivity contribution in [2.75, 3.05) is 5.32 Å². The zero-order valence-electron chi connectivity index (χ0n) is 15.1. The van der Waals surface area contributed by atoms with Gasteiger partial charge in [-0.05, 0) is 30.5 Å². The van der Waals surface area contributed by atoms with Gasteiger partial charge < -0.3 is 15.2 Å². The lowest BCUT2D eigenvalue weighted by atomic mass is 10.0. The largest absolute Gasteiger partial charge is 0.337 e. The first kappa shape index (κ1) is 19.0. The standard InChI is InChI=1S/C17H17FN8O2/c1-9(2)5-13(16-24-15(26-28-16)14-20-8-21-25-14)23-17(27)22-11-3-4-12(18)10(6-11)7-19/h3-4,6,8-9,13H,5H2,1-2H3,(H,20,21,25)(H2,22,23,27). The zero-order valence-corrected chi connectivity index (χ0v) is 15.1. The molecule has 0 aliphatic rings. The lowest BCUT2D eigenvalue weighted by Crippen LogP contribution is -2.33. The van der Waals surface area contributed by atoms with E-state index >= 15 is 0 Å². The fourth-order valence-corrected chi connectivity index (χ4v) is 2.49. The van der Waals surface area contributed by atoms with Crippen LogP contribution in [-0.4, -0.2) is 31.4 Å². The molecule has 0 aliphatic carbocycles. The molecular weight excluding hydrogens is 367 g/mol. The second kappa shape index (κ2) is 8.26. The molecule has 2 amide bonds. The number of benzene rings is 1. The molecule has 1 atom stereocenters. The van der Waals surface area contributed by atoms with Gasteiger partial charge in [-0.3, -0.25) is 5.10 Å². The second-order valence-corrected chi connectivity index (χ2v) is 6.38. The second-order valence-electron chi connectivity index (χ2n) is 6.38. The Morgan fingerprint density at radius 1 is 1.43 bits per heavy atom. The van der Waals surface area contributed by atoms with Gasteiger partial charge in [-0.1, -0.05) is 19.0 Å². The zero-order chi connectivity index (χ0) is 20.1. The highest BCUT2D eigenvalue weighted by Crippen LogP contribution is 2.22. The average molecular weight is 384 g/mol. The maximum Gasteiger partial charge on any atom is 0.319 e. The summed E-state index contributed by atoms with van der Waals surface area (Å²) in [4.78, 5) is 20.6. The van der Waals surface area contributed by atoms with Crippen molar-refractivity contribution >= 4 is 11.7 Å². The van der Waals surface area contributed by atoms with Crippen LogP contribution in [-0.2, 0) is 0 Å². The summed E-state index contributed by atoms with van der Waals surface area (Å²) < 4.78 is 18.7. The van der Waals surface area contributed by atoms with Gasteiger partial charge in [0.05, 0.1) is 5.56 Å². The van der Waals surface area contributed by atoms with Gasteiger partial charge in [0.1, 0.15) is 24.3 Å². The molecule has 1 unspecified atom stereocenters. The molecule has 11 heteroatoms. The number of halogens is 1. The van der Waals surface area contributed by atoms with Crippen LogP contribution in [0.4, 0.5) is 14.9 Å². The van der Waals surface area contributed by atoms with Crippen LogP contribution in [0.2, 0.25) is 0 Å². The number of H-pyrrole nitrogens is 1. The number of anilines is 1. The molecule has 2 heterocycles. The van der Waals surface area contributed by atoms with E-state index in [9.17, 15) is 9.18 Å². The van der Waals surface area contributed by atoms with Gasteiger partial charge in [0.15, 0.2) is 5.82 Å². The number of urea groups is 1. The summed E-state index contributed by atoms with van der Waals surface area (Å²) in [6.07, 6.45) is 1.86. The van der Waals surface area contributed by atoms with E-state index in [0.717, 1.165) is 6.07 Å². The Balaban J connectivity index is 1.74. The number of rotatable bonds is 6. The molecule has 0 fully saturated rings. The van der Waals surface area contributed by atoms with E-state index in [1.165, 1.54) is 18.5 Å². The maximum atomic E-state index is 13.4. The van der Waals surface area contributed by atoms with Crippen LogP contribution in [0.15, 0.2) is 29.0 Å². The van der Waals surface area contributed by atoms with Crippen LogP contribution >= 0.6 is 0 Å². The van der Waals surface area contributed by atoms with Crippen LogP contribution in [0.5, 0.6) is 0 Å². The van der Waals surface area contributed by atoms with E-state index in [1.54, 1.807) is 6.07 Å². The summed E-state index contributed by atoms with van der Waals surface area (Å²) in [5, 5.41) is 24.4. The van der Waals surface area contributed by atoms with Crippen molar-refractivity contribution in [3.05, 3.63) is 41.8 Å². The van der Waals surface area contributed by atoms with Crippen molar-refractivity contribution in [2.45, 2.75) is 26.3 Å². The third-order valence-corrected chi connectivity index (χ3v) is 3.72. The molecule has 0 saturated carbocycles. The highest BCUT2D eigenvalue weighted by atomic mass is 19.1. The molecule has 0 radical (unpaired) electrons. The number of nitrogens with one attached hydrogen (secondary N) is 3. The number of aromatic nitrogens is 5. The van der Waals surface area contributed by atoms with Crippen LogP contribution in [0.1, 0.15) is 37.8 Å². The Morgan fingerprint density at radius 2 is 2.25 bits per heavy atom. The van der Waals surface area contributed by atoms with Crippen LogP contribution in [0.3, 0.4) is 0 Å². The summed E-state index contributed by atoms with van der Waals surface area (Å²) in [5.41, 5.74) is 0.122.